The number of rotatable bonds is 6. The lowest BCUT2D eigenvalue weighted by atomic mass is 9.93. The third kappa shape index (κ3) is 4.87. The van der Waals surface area contributed by atoms with Crippen LogP contribution in [-0.4, -0.2) is 65.7 Å². The van der Waals surface area contributed by atoms with Crippen molar-refractivity contribution in [2.45, 2.75) is 44.6 Å². The Hall–Kier alpha value is -4.84. The summed E-state index contributed by atoms with van der Waals surface area (Å²) < 4.78 is 1.44. The van der Waals surface area contributed by atoms with Gasteiger partial charge in [-0.1, -0.05) is 12.1 Å². The predicted molar refractivity (Wildman–Crippen MR) is 159 cm³/mol. The Bertz CT molecular complexity index is 1870. The van der Waals surface area contributed by atoms with Crippen LogP contribution in [0.5, 0.6) is 0 Å². The van der Waals surface area contributed by atoms with Crippen molar-refractivity contribution in [3.8, 4) is 10.6 Å². The van der Waals surface area contributed by atoms with Crippen molar-refractivity contribution in [3.05, 3.63) is 93.4 Å². The van der Waals surface area contributed by atoms with Crippen LogP contribution in [0.2, 0.25) is 0 Å². The van der Waals surface area contributed by atoms with Gasteiger partial charge in [-0.2, -0.15) is 10.2 Å². The van der Waals surface area contributed by atoms with Crippen LogP contribution in [-0.2, 0) is 6.42 Å². The minimum atomic E-state index is -0.962. The van der Waals surface area contributed by atoms with E-state index in [1.165, 1.54) is 10.6 Å². The van der Waals surface area contributed by atoms with Crippen LogP contribution in [0.15, 0.2) is 54.0 Å². The molecule has 1 fully saturated rings. The van der Waals surface area contributed by atoms with Gasteiger partial charge in [-0.3, -0.25) is 14.7 Å². The number of piperidine rings is 1. The average Bonchev–Trinajstić information content (AvgIpc) is 3.83. The number of carboxylic acids is 1. The number of carboxylic acid groups (broad SMARTS) is 1. The highest BCUT2D eigenvalue weighted by molar-refractivity contribution is 7.13. The van der Waals surface area contributed by atoms with E-state index in [1.807, 2.05) is 11.4 Å². The van der Waals surface area contributed by atoms with Crippen LogP contribution in [0, 0.1) is 6.92 Å². The Balaban J connectivity index is 1.07. The highest BCUT2D eigenvalue weighted by Gasteiger charge is 2.31. The van der Waals surface area contributed by atoms with Gasteiger partial charge in [0.25, 0.3) is 11.8 Å². The quantitative estimate of drug-likeness (QED) is 0.260. The van der Waals surface area contributed by atoms with Gasteiger partial charge >= 0.3 is 5.97 Å². The number of aromatic nitrogens is 5. The van der Waals surface area contributed by atoms with Gasteiger partial charge in [0.2, 0.25) is 0 Å². The molecule has 2 aliphatic rings. The Morgan fingerprint density at radius 3 is 2.70 bits per heavy atom. The molecule has 1 aromatic carbocycles. The summed E-state index contributed by atoms with van der Waals surface area (Å²) >= 11 is 1.66. The second-order valence-electron chi connectivity index (χ2n) is 11.1. The van der Waals surface area contributed by atoms with Crippen LogP contribution in [0.4, 0.5) is 0 Å². The van der Waals surface area contributed by atoms with Crippen molar-refractivity contribution in [2.75, 3.05) is 13.1 Å². The number of nitrogens with zero attached hydrogens (tertiary/aromatic N) is 5. The number of carbonyl (C=O) groups excluding carboxylic acids is 2. The molecule has 218 valence electrons. The molecule has 1 aliphatic heterocycles. The molecule has 2 amide bonds. The fraction of sp³-hybridized carbons (Fsp3) is 0.290. The maximum Gasteiger partial charge on any atom is 0.335 e. The third-order valence-corrected chi connectivity index (χ3v) is 9.53. The lowest BCUT2D eigenvalue weighted by Gasteiger charge is -2.31. The smallest absolute Gasteiger partial charge is 0.335 e. The van der Waals surface area contributed by atoms with Crippen molar-refractivity contribution >= 4 is 34.8 Å². The maximum atomic E-state index is 13.6. The number of fused-ring (bicyclic) bond motifs is 2. The summed E-state index contributed by atoms with van der Waals surface area (Å²) in [7, 11) is 0. The number of hydrogen-bond donors (Lipinski definition) is 3. The number of benzene rings is 1. The van der Waals surface area contributed by atoms with Crippen LogP contribution in [0.3, 0.4) is 0 Å². The van der Waals surface area contributed by atoms with E-state index < -0.39 is 5.97 Å². The molecule has 4 aromatic heterocycles. The average molecular weight is 596 g/mol. The Labute approximate surface area is 250 Å². The molecular weight excluding hydrogens is 566 g/mol. The highest BCUT2D eigenvalue weighted by Crippen LogP contribution is 2.35. The molecule has 0 spiro atoms. The molecule has 5 heterocycles. The molecule has 0 unspecified atom stereocenters. The standard InChI is InChI=1S/C31H29N7O4S/c1-17-19-6-7-22(21(19)5-4-20(17)31(41)42)34-29(39)26-16-25(33-28-8-11-32-38(26)28)30(40)37-12-9-18(10-13-37)23-15-24(36-35-23)27-3-2-14-43-27/h2-5,8,11,14-16,18,22H,6-7,9-10,12-13H2,1H3,(H,34,39)(H,35,36)(H,41,42)/t22-/m0/s1. The first kappa shape index (κ1) is 27.0. The SMILES string of the molecule is Cc1c(C(=O)O)ccc2c1CC[C@@H]2NC(=O)c1cc(C(=O)N2CCC(c3cc(-c4cccs4)[nH]n3)CC2)nc2ccnn12. The van der Waals surface area contributed by atoms with Gasteiger partial charge in [0.15, 0.2) is 5.65 Å². The van der Waals surface area contributed by atoms with E-state index in [0.29, 0.717) is 31.6 Å². The molecule has 5 aromatic rings. The molecule has 3 N–H and O–H groups in total. The number of thiophene rings is 1. The molecule has 43 heavy (non-hydrogen) atoms. The summed E-state index contributed by atoms with van der Waals surface area (Å²) in [6.07, 6.45) is 4.45. The summed E-state index contributed by atoms with van der Waals surface area (Å²) in [5, 5.41) is 26.6. The Kier molecular flexibility index (Phi) is 6.77. The van der Waals surface area contributed by atoms with Gasteiger partial charge in [0.1, 0.15) is 11.4 Å². The van der Waals surface area contributed by atoms with Crippen LogP contribution in [0.1, 0.15) is 84.9 Å². The number of carbonyl (C=O) groups is 3. The summed E-state index contributed by atoms with van der Waals surface area (Å²) in [4.78, 5) is 46.2. The number of nitrogens with one attached hydrogen (secondary N) is 2. The Morgan fingerprint density at radius 2 is 1.93 bits per heavy atom. The number of likely N-dealkylation sites (tertiary alicyclic amines) is 1. The summed E-state index contributed by atoms with van der Waals surface area (Å²) in [5.41, 5.74) is 5.73. The highest BCUT2D eigenvalue weighted by atomic mass is 32.1. The monoisotopic (exact) mass is 595 g/mol. The third-order valence-electron chi connectivity index (χ3n) is 8.62. The summed E-state index contributed by atoms with van der Waals surface area (Å²) in [6, 6.07) is 12.5. The van der Waals surface area contributed by atoms with Crippen molar-refractivity contribution in [2.24, 2.45) is 0 Å². The van der Waals surface area contributed by atoms with Crippen LogP contribution >= 0.6 is 11.3 Å². The topological polar surface area (TPSA) is 146 Å². The predicted octanol–water partition coefficient (Wildman–Crippen LogP) is 4.62. The van der Waals surface area contributed by atoms with Crippen molar-refractivity contribution in [1.82, 2.24) is 35.0 Å². The van der Waals surface area contributed by atoms with Gasteiger partial charge in [0, 0.05) is 31.1 Å². The first-order valence-electron chi connectivity index (χ1n) is 14.3. The van der Waals surface area contributed by atoms with Crippen LogP contribution < -0.4 is 5.32 Å². The zero-order valence-electron chi connectivity index (χ0n) is 23.4. The minimum Gasteiger partial charge on any atom is -0.478 e. The van der Waals surface area contributed by atoms with Crippen molar-refractivity contribution in [1.29, 1.82) is 0 Å². The van der Waals surface area contributed by atoms with E-state index in [4.69, 9.17) is 0 Å². The van der Waals surface area contributed by atoms with Gasteiger partial charge in [0.05, 0.1) is 34.1 Å². The molecule has 1 aliphatic carbocycles. The first-order chi connectivity index (χ1) is 20.9. The van der Waals surface area contributed by atoms with Crippen molar-refractivity contribution < 1.29 is 19.5 Å². The van der Waals surface area contributed by atoms with Gasteiger partial charge in [-0.25, -0.2) is 14.3 Å². The van der Waals surface area contributed by atoms with Gasteiger partial charge < -0.3 is 15.3 Å². The second kappa shape index (κ2) is 10.8. The zero-order valence-corrected chi connectivity index (χ0v) is 24.2. The molecule has 12 heteroatoms. The first-order valence-corrected chi connectivity index (χ1v) is 15.1. The number of H-pyrrole nitrogens is 1. The Morgan fingerprint density at radius 1 is 1.09 bits per heavy atom. The van der Waals surface area contributed by atoms with E-state index in [0.717, 1.165) is 45.8 Å². The minimum absolute atomic E-state index is 0.199. The summed E-state index contributed by atoms with van der Waals surface area (Å²) in [6.45, 7) is 2.93. The van der Waals surface area contributed by atoms with Crippen molar-refractivity contribution in [3.63, 3.8) is 0 Å². The molecule has 11 nitrogen and oxygen atoms in total. The largest absolute Gasteiger partial charge is 0.478 e. The number of aromatic amines is 1. The number of aromatic carboxylic acids is 1. The van der Waals surface area contributed by atoms with E-state index >= 15 is 0 Å². The number of hydrogen-bond acceptors (Lipinski definition) is 7. The fourth-order valence-corrected chi connectivity index (χ4v) is 7.02. The van der Waals surface area contributed by atoms with E-state index in [-0.39, 0.29) is 40.7 Å². The zero-order chi connectivity index (χ0) is 29.7. The molecule has 1 atom stereocenters. The van der Waals surface area contributed by atoms with E-state index in [9.17, 15) is 19.5 Å². The molecular formula is C31H29N7O4S. The normalized spacial score (nSPS) is 16.9. The molecule has 1 saturated heterocycles. The lowest BCUT2D eigenvalue weighted by molar-refractivity contribution is 0.0690. The summed E-state index contributed by atoms with van der Waals surface area (Å²) in [5.74, 6) is -1.30. The van der Waals surface area contributed by atoms with E-state index in [1.54, 1.807) is 47.6 Å². The molecule has 0 bridgehead atoms. The maximum absolute atomic E-state index is 13.6. The fourth-order valence-electron chi connectivity index (χ4n) is 6.32. The van der Waals surface area contributed by atoms with E-state index in [2.05, 4.69) is 37.7 Å². The molecule has 0 saturated carbocycles. The number of amides is 2. The van der Waals surface area contributed by atoms with Gasteiger partial charge in [-0.05, 0) is 72.9 Å². The lowest BCUT2D eigenvalue weighted by Crippen LogP contribution is -2.38. The van der Waals surface area contributed by atoms with Crippen LogP contribution in [0.25, 0.3) is 16.2 Å². The molecule has 7 rings (SSSR count). The molecule has 0 radical (unpaired) electrons. The second-order valence-corrected chi connectivity index (χ2v) is 12.0. The van der Waals surface area contributed by atoms with Gasteiger partial charge in [-0.15, -0.1) is 11.3 Å².